The number of aliphatic hydroxyl groups excluding tert-OH is 1. The Bertz CT molecular complexity index is 3530. The zero-order chi connectivity index (χ0) is 62.0. The van der Waals surface area contributed by atoms with Gasteiger partial charge in [-0.3, -0.25) is 51.4 Å². The molecule has 4 aromatic heterocycles. The maximum atomic E-state index is 13.9. The maximum Gasteiger partial charge on any atom is 0.472 e. The zero-order valence-electron chi connectivity index (χ0n) is 45.1. The second-order valence-corrected chi connectivity index (χ2v) is 22.2. The molecule has 1 aromatic carbocycles. The Hall–Kier alpha value is -8.65. The van der Waals surface area contributed by atoms with Crippen LogP contribution in [0.25, 0.3) is 32.8 Å². The van der Waals surface area contributed by atoms with Crippen molar-refractivity contribution >= 4 is 91.2 Å². The third kappa shape index (κ3) is 15.8. The van der Waals surface area contributed by atoms with Crippen molar-refractivity contribution < 1.29 is 89.8 Å². The fourth-order valence-electron chi connectivity index (χ4n) is 8.92. The topological polar surface area (TPSA) is 577 Å². The lowest BCUT2D eigenvalue weighted by Gasteiger charge is -2.28. The third-order valence-corrected chi connectivity index (χ3v) is 14.9. The Morgan fingerprint density at radius 3 is 2.19 bits per heavy atom. The van der Waals surface area contributed by atoms with E-state index in [1.807, 2.05) is 0 Å². The van der Waals surface area contributed by atoms with Crippen LogP contribution in [0.2, 0.25) is 0 Å². The predicted octanol–water partition coefficient (Wildman–Crippen LogP) is -1.36. The van der Waals surface area contributed by atoms with Crippen LogP contribution in [0.3, 0.4) is 0 Å². The molecule has 0 aliphatic carbocycles. The van der Waals surface area contributed by atoms with Crippen molar-refractivity contribution in [2.45, 2.75) is 94.5 Å². The van der Waals surface area contributed by atoms with E-state index in [0.717, 1.165) is 10.9 Å². The molecule has 0 spiro atoms. The SMILES string of the molecule is CC(C)[C@H](NC(=O)CN=[N+]=[N-])C(=O)N[C@@H](CCCNC(N)=O)C(=O)Nc1ccc(COC(=O)NCCNC(=O)O[C@@H]2[C@@H]3OP(=O)(O)OCC4O[C@@H](n5cnc6c(N)cnnc65)[C@H](O)[C@@H]4OP(=O)(O)OC[C@H]3O[C@H]2n2cnc3c(=O)[nH]c(N)nc32)cc1. The van der Waals surface area contributed by atoms with Crippen LogP contribution in [0.15, 0.2) is 53.0 Å². The van der Waals surface area contributed by atoms with E-state index in [1.54, 1.807) is 13.8 Å². The summed E-state index contributed by atoms with van der Waals surface area (Å²) in [6.45, 7) is -0.0490. The molecule has 0 radical (unpaired) electrons. The van der Waals surface area contributed by atoms with Crippen molar-refractivity contribution in [3.8, 4) is 0 Å². The van der Waals surface area contributed by atoms with Gasteiger partial charge < -0.3 is 82.9 Å². The van der Waals surface area contributed by atoms with Crippen molar-refractivity contribution in [2.24, 2.45) is 16.8 Å². The number of anilines is 3. The van der Waals surface area contributed by atoms with E-state index < -0.39 is 144 Å². The largest absolute Gasteiger partial charge is 0.472 e. The number of aromatic amines is 1. The summed E-state index contributed by atoms with van der Waals surface area (Å²) in [5.41, 5.74) is 25.2. The first-order chi connectivity index (χ1) is 40.9. The smallest absolute Gasteiger partial charge is 0.445 e. The van der Waals surface area contributed by atoms with Crippen LogP contribution in [-0.2, 0) is 67.2 Å². The number of nitrogens with two attached hydrogens (primary N) is 3. The lowest BCUT2D eigenvalue weighted by molar-refractivity contribution is -0.131. The number of carbonyl (C=O) groups excluding carboxylic acids is 6. The second-order valence-electron chi connectivity index (χ2n) is 19.3. The molecule has 0 bridgehead atoms. The minimum atomic E-state index is -5.38. The van der Waals surface area contributed by atoms with Gasteiger partial charge in [-0.2, -0.15) is 10.1 Å². The van der Waals surface area contributed by atoms with E-state index in [4.69, 9.17) is 59.8 Å². The number of fused-ring (bicyclic) bond motifs is 4. The standard InChI is InChI=1S/C44H58N20O20P2/c1-19(2)27(58-26(65)13-55-62-48)37(68)57-23(4-3-9-49-42(47)70)36(67)56-21-7-5-20(6-8-21)14-77-43(71)50-10-11-51-44(72)82-33-32-25(81-40(33)63-18-53-29-34(63)59-41(46)60-38(29)69)16-79-85(73,74)83-31-24(15-78-86(75,76)84-32)80-39(30(31)66)64-17-52-28-22(45)12-54-61-35(28)64/h5-8,12,17-19,23-25,27,30-33,39-40,66H,3-4,9-11,13-16H2,1-2H3,(H2,45,61)(H,50,71)(H,51,72)(H,56,67)(H,57,68)(H,58,65)(H,73,74)(H,75,76)(H3,47,49,70)(H3,46,59,60,69)/t23-,24?,25+,27-,30+,31+,32+,33+,39+,40+/m0/s1. The van der Waals surface area contributed by atoms with Crippen LogP contribution in [-0.4, -0.2) is 178 Å². The van der Waals surface area contributed by atoms with Gasteiger partial charge in [0.05, 0.1) is 37.8 Å². The van der Waals surface area contributed by atoms with Crippen molar-refractivity contribution in [2.75, 3.05) is 56.2 Å². The van der Waals surface area contributed by atoms with Gasteiger partial charge in [-0.15, -0.1) is 5.10 Å². The summed E-state index contributed by atoms with van der Waals surface area (Å²) >= 11 is 0. The number of primary amides is 1. The number of carbonyl (C=O) groups is 6. The highest BCUT2D eigenvalue weighted by Crippen LogP contribution is 2.54. The third-order valence-electron chi connectivity index (χ3n) is 12.9. The molecule has 464 valence electrons. The maximum absolute atomic E-state index is 13.9. The highest BCUT2D eigenvalue weighted by Gasteiger charge is 2.56. The monoisotopic (exact) mass is 1250 g/mol. The lowest BCUT2D eigenvalue weighted by Crippen LogP contribution is -2.55. The minimum Gasteiger partial charge on any atom is -0.445 e. The molecule has 5 aromatic rings. The highest BCUT2D eigenvalue weighted by atomic mass is 31.2. The number of nitrogens with zero attached hydrogens (tertiary/aromatic N) is 10. The number of alkyl carbamates (subject to hydrolysis) is 2. The number of hydrogen-bond acceptors (Lipinski definition) is 26. The number of amides is 7. The molecule has 3 aliphatic rings. The first-order valence-electron chi connectivity index (χ1n) is 25.8. The summed E-state index contributed by atoms with van der Waals surface area (Å²) in [5, 5.41) is 37.3. The van der Waals surface area contributed by atoms with Gasteiger partial charge in [0.15, 0.2) is 35.4 Å². The first-order valence-corrected chi connectivity index (χ1v) is 28.7. The molecule has 42 heteroatoms. The Morgan fingerprint density at radius 2 is 1.51 bits per heavy atom. The number of imidazole rings is 2. The number of urea groups is 1. The molecule has 0 saturated carbocycles. The second kappa shape index (κ2) is 27.6. The van der Waals surface area contributed by atoms with Crippen LogP contribution in [0, 0.1) is 5.92 Å². The van der Waals surface area contributed by atoms with Gasteiger partial charge >= 0.3 is 33.9 Å². The molecule has 3 unspecified atom stereocenters. The number of aliphatic hydroxyl groups is 1. The van der Waals surface area contributed by atoms with Gasteiger partial charge in [0, 0.05) is 30.2 Å². The quantitative estimate of drug-likeness (QED) is 0.0141. The fourth-order valence-corrected chi connectivity index (χ4v) is 10.8. The molecule has 86 heavy (non-hydrogen) atoms. The van der Waals surface area contributed by atoms with Crippen LogP contribution in [0.4, 0.5) is 31.7 Å². The van der Waals surface area contributed by atoms with E-state index >= 15 is 0 Å². The zero-order valence-corrected chi connectivity index (χ0v) is 46.9. The summed E-state index contributed by atoms with van der Waals surface area (Å²) < 4.78 is 74.3. The number of phosphoric ester groups is 2. The van der Waals surface area contributed by atoms with Gasteiger partial charge in [-0.1, -0.05) is 31.1 Å². The first kappa shape index (κ1) is 63.4. The number of phosphoric acid groups is 2. The minimum absolute atomic E-state index is 0.0246. The molecule has 12 atom stereocenters. The molecular formula is C44H58N20O20P2. The van der Waals surface area contributed by atoms with Crippen LogP contribution >= 0.6 is 15.6 Å². The van der Waals surface area contributed by atoms with Gasteiger partial charge in [0.1, 0.15) is 61.3 Å². The molecule has 3 saturated heterocycles. The Labute approximate surface area is 482 Å². The lowest BCUT2D eigenvalue weighted by atomic mass is 10.0. The summed E-state index contributed by atoms with van der Waals surface area (Å²) in [4.78, 5) is 129. The van der Waals surface area contributed by atoms with Crippen LogP contribution in [0.1, 0.15) is 44.7 Å². The van der Waals surface area contributed by atoms with Gasteiger partial charge in [-0.05, 0) is 42.0 Å². The molecule has 7 heterocycles. The molecule has 16 N–H and O–H groups in total. The number of H-pyrrole nitrogens is 1. The molecular weight excluding hydrogens is 1190 g/mol. The van der Waals surface area contributed by atoms with Crippen LogP contribution in [0.5, 0.6) is 0 Å². The number of rotatable bonds is 20. The van der Waals surface area contributed by atoms with Gasteiger partial charge in [0.2, 0.25) is 23.7 Å². The fraction of sp³-hybridized carbons (Fsp3) is 0.500. The predicted molar refractivity (Wildman–Crippen MR) is 288 cm³/mol. The Kier molecular flexibility index (Phi) is 20.3. The highest BCUT2D eigenvalue weighted by molar-refractivity contribution is 7.47. The molecule has 8 rings (SSSR count). The van der Waals surface area contributed by atoms with E-state index in [9.17, 15) is 57.6 Å². The summed E-state index contributed by atoms with van der Waals surface area (Å²) in [5.74, 6) is -2.91. The molecule has 40 nitrogen and oxygen atoms in total. The number of ether oxygens (including phenoxy) is 4. The summed E-state index contributed by atoms with van der Waals surface area (Å²) in [6, 6.07) is 2.95. The van der Waals surface area contributed by atoms with Gasteiger partial charge in [-0.25, -0.2) is 33.5 Å². The van der Waals surface area contributed by atoms with Crippen molar-refractivity contribution in [3.05, 3.63) is 69.5 Å². The number of benzene rings is 1. The normalized spacial score (nSPS) is 25.4. The van der Waals surface area contributed by atoms with Crippen molar-refractivity contribution in [3.63, 3.8) is 0 Å². The van der Waals surface area contributed by atoms with Gasteiger partial charge in [0.25, 0.3) is 5.56 Å². The average Bonchev–Trinajstić information content (AvgIpc) is 2.43. The van der Waals surface area contributed by atoms with Crippen molar-refractivity contribution in [1.29, 1.82) is 0 Å². The Morgan fingerprint density at radius 1 is 0.872 bits per heavy atom. The number of aromatic nitrogens is 8. The average molecular weight is 1250 g/mol. The molecule has 7 amide bonds. The molecule has 3 aliphatic heterocycles. The number of azide groups is 1. The number of hydrogen-bond donors (Lipinski definition) is 13. The number of nitrogens with one attached hydrogen (secondary N) is 7. The summed E-state index contributed by atoms with van der Waals surface area (Å²) in [7, 11) is -10.7. The number of nitrogen functional groups attached to an aromatic ring is 2. The van der Waals surface area contributed by atoms with E-state index in [0.29, 0.717) is 5.56 Å². The Balaban J connectivity index is 0.880. The van der Waals surface area contributed by atoms with E-state index in [-0.39, 0.29) is 78.7 Å². The molecule has 3 fully saturated rings. The summed E-state index contributed by atoms with van der Waals surface area (Å²) in [6.07, 6.45) is -12.4. The van der Waals surface area contributed by atoms with Crippen molar-refractivity contribution in [1.82, 2.24) is 65.9 Å². The van der Waals surface area contributed by atoms with E-state index in [1.165, 1.54) is 41.4 Å². The van der Waals surface area contributed by atoms with E-state index in [2.05, 4.69) is 72.1 Å². The van der Waals surface area contributed by atoms with Crippen LogP contribution < -0.4 is 54.7 Å².